The molecule has 3 nitrogen and oxygen atoms in total. The molecule has 4 heteroatoms. The second kappa shape index (κ2) is 7.11. The van der Waals surface area contributed by atoms with Gasteiger partial charge in [0, 0.05) is 13.0 Å². The Morgan fingerprint density at radius 2 is 2.17 bits per heavy atom. The molecule has 2 N–H and O–H groups in total. The number of amides is 1. The van der Waals surface area contributed by atoms with E-state index in [1.165, 1.54) is 12.1 Å². The van der Waals surface area contributed by atoms with E-state index in [9.17, 15) is 9.18 Å². The maximum Gasteiger partial charge on any atom is 0.220 e. The first-order chi connectivity index (χ1) is 8.49. The van der Waals surface area contributed by atoms with Crippen LogP contribution in [0.1, 0.15) is 38.2 Å². The van der Waals surface area contributed by atoms with Crippen LogP contribution in [0.15, 0.2) is 24.3 Å². The van der Waals surface area contributed by atoms with Crippen LogP contribution in [0.5, 0.6) is 0 Å². The molecule has 18 heavy (non-hydrogen) atoms. The monoisotopic (exact) mass is 253 g/mol. The van der Waals surface area contributed by atoms with Crippen LogP contribution in [0.25, 0.3) is 0 Å². The predicted molar refractivity (Wildman–Crippen MR) is 68.7 cm³/mol. The Labute approximate surface area is 107 Å². The Morgan fingerprint density at radius 1 is 1.44 bits per heavy atom. The van der Waals surface area contributed by atoms with Gasteiger partial charge < -0.3 is 10.4 Å². The lowest BCUT2D eigenvalue weighted by Gasteiger charge is -2.12. The van der Waals surface area contributed by atoms with Crippen molar-refractivity contribution in [2.45, 2.75) is 38.7 Å². The van der Waals surface area contributed by atoms with Crippen molar-refractivity contribution in [1.29, 1.82) is 0 Å². The first kappa shape index (κ1) is 14.6. The van der Waals surface area contributed by atoms with E-state index in [4.69, 9.17) is 5.11 Å². The molecule has 0 bridgehead atoms. The summed E-state index contributed by atoms with van der Waals surface area (Å²) in [4.78, 5) is 11.6. The molecule has 0 spiro atoms. The van der Waals surface area contributed by atoms with Gasteiger partial charge in [-0.25, -0.2) is 4.39 Å². The van der Waals surface area contributed by atoms with Gasteiger partial charge in [0.15, 0.2) is 0 Å². The number of rotatable bonds is 6. The van der Waals surface area contributed by atoms with Crippen molar-refractivity contribution in [2.75, 3.05) is 6.54 Å². The van der Waals surface area contributed by atoms with E-state index in [1.54, 1.807) is 13.0 Å². The summed E-state index contributed by atoms with van der Waals surface area (Å²) < 4.78 is 13.0. The second-order valence-electron chi connectivity index (χ2n) is 4.65. The lowest BCUT2D eigenvalue weighted by Crippen LogP contribution is -2.27. The molecule has 1 rings (SSSR count). The van der Waals surface area contributed by atoms with Crippen LogP contribution in [-0.4, -0.2) is 23.7 Å². The standard InChI is InChI=1S/C14H20FNO2/c1-10(12-4-3-5-13(15)9-12)8-14(18)16-7-6-11(2)17/h3-5,9-11,17H,6-8H2,1-2H3,(H,16,18). The molecule has 2 unspecified atom stereocenters. The first-order valence-corrected chi connectivity index (χ1v) is 6.19. The highest BCUT2D eigenvalue weighted by Crippen LogP contribution is 2.19. The van der Waals surface area contributed by atoms with Crippen LogP contribution in [0, 0.1) is 5.82 Å². The van der Waals surface area contributed by atoms with Crippen LogP contribution in [-0.2, 0) is 4.79 Å². The fourth-order valence-electron chi connectivity index (χ4n) is 1.70. The van der Waals surface area contributed by atoms with E-state index >= 15 is 0 Å². The zero-order chi connectivity index (χ0) is 13.5. The van der Waals surface area contributed by atoms with Crippen molar-refractivity contribution in [3.05, 3.63) is 35.6 Å². The quantitative estimate of drug-likeness (QED) is 0.816. The van der Waals surface area contributed by atoms with Gasteiger partial charge >= 0.3 is 0 Å². The molecule has 1 aromatic rings. The number of hydrogen-bond donors (Lipinski definition) is 2. The first-order valence-electron chi connectivity index (χ1n) is 6.19. The smallest absolute Gasteiger partial charge is 0.220 e. The zero-order valence-electron chi connectivity index (χ0n) is 10.8. The minimum Gasteiger partial charge on any atom is -0.393 e. The van der Waals surface area contributed by atoms with Crippen molar-refractivity contribution < 1.29 is 14.3 Å². The summed E-state index contributed by atoms with van der Waals surface area (Å²) in [6, 6.07) is 6.30. The number of carbonyl (C=O) groups is 1. The Kier molecular flexibility index (Phi) is 5.78. The minimum atomic E-state index is -0.411. The third-order valence-electron chi connectivity index (χ3n) is 2.79. The van der Waals surface area contributed by atoms with E-state index < -0.39 is 6.10 Å². The van der Waals surface area contributed by atoms with E-state index in [0.29, 0.717) is 19.4 Å². The van der Waals surface area contributed by atoms with Gasteiger partial charge in [0.05, 0.1) is 6.10 Å². The molecule has 0 radical (unpaired) electrons. The summed E-state index contributed by atoms with van der Waals surface area (Å²) in [5, 5.41) is 11.8. The van der Waals surface area contributed by atoms with Gasteiger partial charge in [-0.15, -0.1) is 0 Å². The van der Waals surface area contributed by atoms with Gasteiger partial charge in [-0.1, -0.05) is 19.1 Å². The van der Waals surface area contributed by atoms with E-state index in [0.717, 1.165) is 5.56 Å². The predicted octanol–water partition coefficient (Wildman–Crippen LogP) is 2.21. The summed E-state index contributed by atoms with van der Waals surface area (Å²) >= 11 is 0. The van der Waals surface area contributed by atoms with Crippen LogP contribution in [0.2, 0.25) is 0 Å². The molecule has 2 atom stereocenters. The number of aliphatic hydroxyl groups excluding tert-OH is 1. The molecule has 0 aliphatic heterocycles. The number of carbonyl (C=O) groups excluding carboxylic acids is 1. The van der Waals surface area contributed by atoms with Crippen molar-refractivity contribution >= 4 is 5.91 Å². The van der Waals surface area contributed by atoms with Crippen LogP contribution in [0.4, 0.5) is 4.39 Å². The molecule has 1 aromatic carbocycles. The maximum atomic E-state index is 13.0. The molecule has 0 saturated carbocycles. The highest BCUT2D eigenvalue weighted by atomic mass is 19.1. The van der Waals surface area contributed by atoms with Crippen LogP contribution >= 0.6 is 0 Å². The molecule has 0 heterocycles. The van der Waals surface area contributed by atoms with Crippen molar-refractivity contribution in [2.24, 2.45) is 0 Å². The third-order valence-corrected chi connectivity index (χ3v) is 2.79. The van der Waals surface area contributed by atoms with Gasteiger partial charge in [0.1, 0.15) is 5.82 Å². The second-order valence-corrected chi connectivity index (χ2v) is 4.65. The van der Waals surface area contributed by atoms with Crippen molar-refractivity contribution in [1.82, 2.24) is 5.32 Å². The SMILES string of the molecule is CC(O)CCNC(=O)CC(C)c1cccc(F)c1. The number of hydrogen-bond acceptors (Lipinski definition) is 2. The van der Waals surface area contributed by atoms with Crippen molar-refractivity contribution in [3.63, 3.8) is 0 Å². The molecule has 1 amide bonds. The molecule has 0 aliphatic rings. The van der Waals surface area contributed by atoms with Gasteiger partial charge in [0.25, 0.3) is 0 Å². The lowest BCUT2D eigenvalue weighted by atomic mass is 9.97. The van der Waals surface area contributed by atoms with Gasteiger partial charge in [0.2, 0.25) is 5.91 Å². The number of nitrogens with one attached hydrogen (secondary N) is 1. The molecule has 0 aliphatic carbocycles. The Balaban J connectivity index is 2.40. The molecular formula is C14H20FNO2. The molecule has 0 aromatic heterocycles. The van der Waals surface area contributed by atoms with Gasteiger partial charge in [-0.2, -0.15) is 0 Å². The van der Waals surface area contributed by atoms with Crippen LogP contribution < -0.4 is 5.32 Å². The fraction of sp³-hybridized carbons (Fsp3) is 0.500. The zero-order valence-corrected chi connectivity index (χ0v) is 10.8. The Hall–Kier alpha value is -1.42. The third kappa shape index (κ3) is 5.27. The van der Waals surface area contributed by atoms with E-state index in [-0.39, 0.29) is 17.6 Å². The highest BCUT2D eigenvalue weighted by Gasteiger charge is 2.11. The maximum absolute atomic E-state index is 13.0. The van der Waals surface area contributed by atoms with Gasteiger partial charge in [-0.05, 0) is 37.0 Å². The molecular weight excluding hydrogens is 233 g/mol. The summed E-state index contributed by atoms with van der Waals surface area (Å²) in [6.45, 7) is 4.04. The highest BCUT2D eigenvalue weighted by molar-refractivity contribution is 5.76. The van der Waals surface area contributed by atoms with Crippen molar-refractivity contribution in [3.8, 4) is 0 Å². The van der Waals surface area contributed by atoms with E-state index in [1.807, 2.05) is 13.0 Å². The number of benzene rings is 1. The van der Waals surface area contributed by atoms with Crippen LogP contribution in [0.3, 0.4) is 0 Å². The summed E-state index contributed by atoms with van der Waals surface area (Å²) in [7, 11) is 0. The molecule has 100 valence electrons. The summed E-state index contributed by atoms with van der Waals surface area (Å²) in [6.07, 6.45) is 0.453. The van der Waals surface area contributed by atoms with Gasteiger partial charge in [-0.3, -0.25) is 4.79 Å². The van der Waals surface area contributed by atoms with E-state index in [2.05, 4.69) is 5.32 Å². The number of aliphatic hydroxyl groups is 1. The Bertz CT molecular complexity index is 393. The normalized spacial score (nSPS) is 14.0. The summed E-state index contributed by atoms with van der Waals surface area (Å²) in [5.41, 5.74) is 0.820. The lowest BCUT2D eigenvalue weighted by molar-refractivity contribution is -0.121. The fourth-order valence-corrected chi connectivity index (χ4v) is 1.70. The number of halogens is 1. The Morgan fingerprint density at radius 3 is 2.78 bits per heavy atom. The topological polar surface area (TPSA) is 49.3 Å². The molecule has 0 saturated heterocycles. The molecule has 0 fully saturated rings. The summed E-state index contributed by atoms with van der Waals surface area (Å²) in [5.74, 6) is -0.381. The largest absolute Gasteiger partial charge is 0.393 e. The minimum absolute atomic E-state index is 0.0211. The average molecular weight is 253 g/mol. The average Bonchev–Trinajstić information content (AvgIpc) is 2.28.